The molecule has 0 saturated heterocycles. The molecular weight excluding hydrogens is 314 g/mol. The molecule has 1 aromatic heterocycles. The van der Waals surface area contributed by atoms with E-state index in [-0.39, 0.29) is 17.9 Å². The number of aromatic nitrogens is 2. The number of nitrogens with zero attached hydrogens (tertiary/aromatic N) is 2. The number of rotatable bonds is 7. The summed E-state index contributed by atoms with van der Waals surface area (Å²) in [5, 5.41) is 0. The highest BCUT2D eigenvalue weighted by Gasteiger charge is 2.19. The summed E-state index contributed by atoms with van der Waals surface area (Å²) in [5.74, 6) is 0.847. The topological polar surface area (TPSA) is 73.2 Å². The molecule has 0 amide bonds. The Bertz CT molecular complexity index is 738. The van der Waals surface area contributed by atoms with Gasteiger partial charge >= 0.3 is 0 Å². The minimum Gasteiger partial charge on any atom is -0.381 e. The average Bonchev–Trinajstić information content (AvgIpc) is 2.92. The van der Waals surface area contributed by atoms with Crippen molar-refractivity contribution >= 4 is 10.0 Å². The quantitative estimate of drug-likeness (QED) is 0.840. The Hall–Kier alpha value is -1.70. The average molecular weight is 337 g/mol. The molecule has 2 aromatic rings. The van der Waals surface area contributed by atoms with E-state index < -0.39 is 10.0 Å². The fourth-order valence-electron chi connectivity index (χ4n) is 2.34. The molecule has 1 N–H and O–H groups in total. The van der Waals surface area contributed by atoms with Crippen LogP contribution in [0.4, 0.5) is 0 Å². The zero-order chi connectivity index (χ0) is 17.0. The molecule has 0 aliphatic carbocycles. The van der Waals surface area contributed by atoms with Gasteiger partial charge in [0, 0.05) is 31.2 Å². The maximum atomic E-state index is 12.1. The van der Waals surface area contributed by atoms with Gasteiger partial charge in [-0.15, -0.1) is 0 Å². The van der Waals surface area contributed by atoms with Crippen LogP contribution in [-0.4, -0.2) is 36.9 Å². The van der Waals surface area contributed by atoms with Crippen LogP contribution in [0.2, 0.25) is 0 Å². The Labute approximate surface area is 137 Å². The van der Waals surface area contributed by atoms with E-state index in [1.54, 1.807) is 13.1 Å². The Morgan fingerprint density at radius 2 is 1.91 bits per heavy atom. The third-order valence-electron chi connectivity index (χ3n) is 3.71. The summed E-state index contributed by atoms with van der Waals surface area (Å²) in [5.41, 5.74) is 1.90. The van der Waals surface area contributed by atoms with Gasteiger partial charge in [-0.25, -0.2) is 18.1 Å². The zero-order valence-electron chi connectivity index (χ0n) is 13.9. The molecule has 126 valence electrons. The summed E-state index contributed by atoms with van der Waals surface area (Å²) in [7, 11) is -1.89. The summed E-state index contributed by atoms with van der Waals surface area (Å²) in [6, 6.07) is 7.43. The summed E-state index contributed by atoms with van der Waals surface area (Å²) in [4.78, 5) is 4.19. The van der Waals surface area contributed by atoms with E-state index >= 15 is 0 Å². The molecule has 0 bridgehead atoms. The smallest absolute Gasteiger partial charge is 0.214 e. The molecule has 0 aliphatic heterocycles. The summed E-state index contributed by atoms with van der Waals surface area (Å²) in [6.45, 7) is 5.49. The lowest BCUT2D eigenvalue weighted by atomic mass is 10.1. The van der Waals surface area contributed by atoms with E-state index in [0.29, 0.717) is 0 Å². The number of aryl methyl sites for hydroxylation is 1. The highest BCUT2D eigenvalue weighted by molar-refractivity contribution is 7.89. The van der Waals surface area contributed by atoms with Crippen molar-refractivity contribution in [2.24, 2.45) is 0 Å². The second-order valence-electron chi connectivity index (χ2n) is 5.60. The van der Waals surface area contributed by atoms with Crippen LogP contribution >= 0.6 is 0 Å². The molecular formula is C16H23N3O3S. The monoisotopic (exact) mass is 337 g/mol. The van der Waals surface area contributed by atoms with Crippen LogP contribution in [0, 0.1) is 6.92 Å². The standard InChI is InChI=1S/C16H23N3O3S/c1-12(22-4)11-23(20,21)18-13(2)15-5-7-16(8-6-15)19-10-9-17-14(19)3/h5-10,12-13,18H,11H2,1-4H3. The molecule has 0 radical (unpaired) electrons. The third kappa shape index (κ3) is 4.63. The maximum Gasteiger partial charge on any atom is 0.214 e. The number of nitrogens with one attached hydrogen (secondary N) is 1. The fourth-order valence-corrected chi connectivity index (χ4v) is 3.86. The van der Waals surface area contributed by atoms with Crippen LogP contribution in [0.5, 0.6) is 0 Å². The lowest BCUT2D eigenvalue weighted by Crippen LogP contribution is -2.33. The number of imidazole rings is 1. The van der Waals surface area contributed by atoms with Crippen LogP contribution in [0.15, 0.2) is 36.7 Å². The first kappa shape index (κ1) is 17.7. The number of benzene rings is 1. The van der Waals surface area contributed by atoms with Crippen LogP contribution in [0.25, 0.3) is 5.69 Å². The van der Waals surface area contributed by atoms with Crippen molar-refractivity contribution in [3.63, 3.8) is 0 Å². The fraction of sp³-hybridized carbons (Fsp3) is 0.438. The van der Waals surface area contributed by atoms with Crippen molar-refractivity contribution < 1.29 is 13.2 Å². The minimum absolute atomic E-state index is 0.0554. The molecule has 1 heterocycles. The summed E-state index contributed by atoms with van der Waals surface area (Å²) >= 11 is 0. The van der Waals surface area contributed by atoms with Crippen molar-refractivity contribution in [1.82, 2.24) is 14.3 Å². The largest absolute Gasteiger partial charge is 0.381 e. The molecule has 1 aromatic carbocycles. The van der Waals surface area contributed by atoms with E-state index in [4.69, 9.17) is 4.74 Å². The zero-order valence-corrected chi connectivity index (χ0v) is 14.7. The maximum absolute atomic E-state index is 12.1. The lowest BCUT2D eigenvalue weighted by molar-refractivity contribution is 0.136. The summed E-state index contributed by atoms with van der Waals surface area (Å²) in [6.07, 6.45) is 3.30. The van der Waals surface area contributed by atoms with Crippen molar-refractivity contribution in [3.05, 3.63) is 48.0 Å². The summed E-state index contributed by atoms with van der Waals surface area (Å²) < 4.78 is 33.8. The third-order valence-corrected chi connectivity index (χ3v) is 5.33. The van der Waals surface area contributed by atoms with E-state index in [0.717, 1.165) is 17.1 Å². The van der Waals surface area contributed by atoms with Gasteiger partial charge in [0.1, 0.15) is 5.82 Å². The van der Waals surface area contributed by atoms with Gasteiger partial charge in [-0.2, -0.15) is 0 Å². The predicted octanol–water partition coefficient (Wildman–Crippen LogP) is 2.20. The Kier molecular flexibility index (Phi) is 5.56. The van der Waals surface area contributed by atoms with Crippen molar-refractivity contribution in [2.75, 3.05) is 12.9 Å². The van der Waals surface area contributed by atoms with Crippen LogP contribution in [0.3, 0.4) is 0 Å². The van der Waals surface area contributed by atoms with Crippen LogP contribution in [0.1, 0.15) is 31.3 Å². The van der Waals surface area contributed by atoms with Gasteiger partial charge in [0.15, 0.2) is 0 Å². The second kappa shape index (κ2) is 7.25. The van der Waals surface area contributed by atoms with Crippen LogP contribution < -0.4 is 4.72 Å². The van der Waals surface area contributed by atoms with Gasteiger partial charge in [-0.1, -0.05) is 12.1 Å². The highest BCUT2D eigenvalue weighted by atomic mass is 32.2. The number of hydrogen-bond donors (Lipinski definition) is 1. The SMILES string of the molecule is COC(C)CS(=O)(=O)NC(C)c1ccc(-n2ccnc2C)cc1. The minimum atomic E-state index is -3.39. The molecule has 2 rings (SSSR count). The first-order valence-electron chi connectivity index (χ1n) is 7.45. The Morgan fingerprint density at radius 3 is 2.43 bits per heavy atom. The van der Waals surface area contributed by atoms with Crippen molar-refractivity contribution in [2.45, 2.75) is 32.9 Å². The van der Waals surface area contributed by atoms with E-state index in [1.165, 1.54) is 7.11 Å². The molecule has 0 saturated carbocycles. The number of methoxy groups -OCH3 is 1. The molecule has 2 atom stereocenters. The van der Waals surface area contributed by atoms with Gasteiger partial charge in [0.25, 0.3) is 0 Å². The first-order valence-corrected chi connectivity index (χ1v) is 9.10. The molecule has 23 heavy (non-hydrogen) atoms. The lowest BCUT2D eigenvalue weighted by Gasteiger charge is -2.17. The van der Waals surface area contributed by atoms with Crippen LogP contribution in [-0.2, 0) is 14.8 Å². The Morgan fingerprint density at radius 1 is 1.26 bits per heavy atom. The molecule has 2 unspecified atom stereocenters. The van der Waals surface area contributed by atoms with E-state index in [9.17, 15) is 8.42 Å². The first-order chi connectivity index (χ1) is 10.8. The Balaban J connectivity index is 2.09. The van der Waals surface area contributed by atoms with Crippen molar-refractivity contribution in [1.29, 1.82) is 0 Å². The van der Waals surface area contributed by atoms with Gasteiger partial charge in [-0.3, -0.25) is 0 Å². The normalized spacial score (nSPS) is 14.6. The van der Waals surface area contributed by atoms with E-state index in [1.807, 2.05) is 48.9 Å². The molecule has 6 nitrogen and oxygen atoms in total. The van der Waals surface area contributed by atoms with Gasteiger partial charge < -0.3 is 9.30 Å². The molecule has 0 aliphatic rings. The number of hydrogen-bond acceptors (Lipinski definition) is 4. The van der Waals surface area contributed by atoms with Crippen molar-refractivity contribution in [3.8, 4) is 5.69 Å². The van der Waals surface area contributed by atoms with Gasteiger partial charge in [-0.05, 0) is 38.5 Å². The predicted molar refractivity (Wildman–Crippen MR) is 90.1 cm³/mol. The van der Waals surface area contributed by atoms with Gasteiger partial charge in [0.2, 0.25) is 10.0 Å². The molecule has 7 heteroatoms. The number of sulfonamides is 1. The molecule has 0 spiro atoms. The highest BCUT2D eigenvalue weighted by Crippen LogP contribution is 2.17. The van der Waals surface area contributed by atoms with Gasteiger partial charge in [0.05, 0.1) is 11.9 Å². The second-order valence-corrected chi connectivity index (χ2v) is 7.40. The number of ether oxygens (including phenoxy) is 1. The van der Waals surface area contributed by atoms with E-state index in [2.05, 4.69) is 9.71 Å². The molecule has 0 fully saturated rings.